The van der Waals surface area contributed by atoms with Crippen LogP contribution >= 0.6 is 15.9 Å². The van der Waals surface area contributed by atoms with E-state index in [0.29, 0.717) is 12.1 Å². The Morgan fingerprint density at radius 2 is 2.00 bits per heavy atom. The maximum atomic E-state index is 12.5. The molecule has 0 saturated carbocycles. The number of amides is 3. The molecule has 1 unspecified atom stereocenters. The van der Waals surface area contributed by atoms with E-state index in [1.54, 1.807) is 18.2 Å². The molecule has 1 heterocycles. The number of benzene rings is 1. The van der Waals surface area contributed by atoms with Crippen molar-refractivity contribution in [1.29, 1.82) is 0 Å². The molecule has 9 heteroatoms. The van der Waals surface area contributed by atoms with Crippen LogP contribution in [0.2, 0.25) is 0 Å². The van der Waals surface area contributed by atoms with Gasteiger partial charge >= 0.3 is 6.03 Å². The zero-order valence-corrected chi connectivity index (χ0v) is 16.5. The average molecular weight is 432 g/mol. The summed E-state index contributed by atoms with van der Waals surface area (Å²) >= 11 is 3.34. The van der Waals surface area contributed by atoms with Crippen LogP contribution in [-0.4, -0.2) is 43.9 Å². The van der Waals surface area contributed by atoms with Crippen LogP contribution in [0, 0.1) is 5.92 Å². The predicted octanol–water partition coefficient (Wildman–Crippen LogP) is 1.90. The van der Waals surface area contributed by atoms with Gasteiger partial charge in [0.05, 0.1) is 11.5 Å². The summed E-state index contributed by atoms with van der Waals surface area (Å²) in [5.74, 6) is -0.445. The van der Waals surface area contributed by atoms with Gasteiger partial charge in [-0.2, -0.15) is 0 Å². The third-order valence-electron chi connectivity index (χ3n) is 3.90. The van der Waals surface area contributed by atoms with Crippen molar-refractivity contribution in [2.45, 2.75) is 32.4 Å². The van der Waals surface area contributed by atoms with Gasteiger partial charge in [-0.15, -0.1) is 0 Å². The van der Waals surface area contributed by atoms with Crippen molar-refractivity contribution in [3.8, 4) is 0 Å². The lowest BCUT2D eigenvalue weighted by molar-refractivity contribution is -0.118. The highest BCUT2D eigenvalue weighted by Crippen LogP contribution is 2.17. The molecule has 0 bridgehead atoms. The number of nitrogens with one attached hydrogen (secondary N) is 3. The van der Waals surface area contributed by atoms with Gasteiger partial charge in [0.2, 0.25) is 5.91 Å². The first kappa shape index (κ1) is 19.7. The van der Waals surface area contributed by atoms with Crippen LogP contribution in [0.5, 0.6) is 0 Å². The lowest BCUT2D eigenvalue weighted by Gasteiger charge is -2.23. The molecule has 1 fully saturated rings. The Morgan fingerprint density at radius 1 is 1.28 bits per heavy atom. The molecular formula is C16H22BrN3O4S. The molecule has 0 radical (unpaired) electrons. The SMILES string of the molecule is CC(C)[C@H](NC(=O)NC1CCS(=O)(=O)C1)C(=O)Nc1cccc(Br)c1. The van der Waals surface area contributed by atoms with E-state index in [-0.39, 0.29) is 23.3 Å². The molecule has 2 rings (SSSR count). The van der Waals surface area contributed by atoms with Crippen LogP contribution in [0.4, 0.5) is 10.5 Å². The zero-order chi connectivity index (χ0) is 18.6. The Kier molecular flexibility index (Phi) is 6.45. The van der Waals surface area contributed by atoms with Gasteiger partial charge in [-0.3, -0.25) is 4.79 Å². The Morgan fingerprint density at radius 3 is 2.56 bits per heavy atom. The normalized spacial score (nSPS) is 20.1. The summed E-state index contributed by atoms with van der Waals surface area (Å²) in [6.45, 7) is 3.65. The Bertz CT molecular complexity index is 752. The summed E-state index contributed by atoms with van der Waals surface area (Å²) in [7, 11) is -3.07. The van der Waals surface area contributed by atoms with Crippen molar-refractivity contribution in [1.82, 2.24) is 10.6 Å². The quantitative estimate of drug-likeness (QED) is 0.661. The van der Waals surface area contributed by atoms with Crippen molar-refractivity contribution in [2.24, 2.45) is 5.92 Å². The van der Waals surface area contributed by atoms with Gasteiger partial charge in [-0.25, -0.2) is 13.2 Å². The number of sulfone groups is 1. The van der Waals surface area contributed by atoms with E-state index in [1.165, 1.54) is 0 Å². The lowest BCUT2D eigenvalue weighted by atomic mass is 10.0. The Balaban J connectivity index is 1.95. The van der Waals surface area contributed by atoms with E-state index in [4.69, 9.17) is 0 Å². The number of rotatable bonds is 5. The van der Waals surface area contributed by atoms with Gasteiger partial charge in [0.25, 0.3) is 0 Å². The number of hydrogen-bond acceptors (Lipinski definition) is 4. The average Bonchev–Trinajstić information content (AvgIpc) is 2.83. The van der Waals surface area contributed by atoms with Crippen LogP contribution in [-0.2, 0) is 14.6 Å². The smallest absolute Gasteiger partial charge is 0.315 e. The molecule has 0 aromatic heterocycles. The van der Waals surface area contributed by atoms with Crippen LogP contribution in [0.15, 0.2) is 28.7 Å². The summed E-state index contributed by atoms with van der Waals surface area (Å²) < 4.78 is 23.7. The van der Waals surface area contributed by atoms with Crippen molar-refractivity contribution in [3.63, 3.8) is 0 Å². The zero-order valence-electron chi connectivity index (χ0n) is 14.1. The molecule has 1 aromatic carbocycles. The third kappa shape index (κ3) is 6.00. The number of halogens is 1. The molecule has 1 aliphatic heterocycles. The van der Waals surface area contributed by atoms with E-state index < -0.39 is 28.0 Å². The summed E-state index contributed by atoms with van der Waals surface area (Å²) in [5, 5.41) is 8.04. The molecule has 1 aromatic rings. The molecule has 25 heavy (non-hydrogen) atoms. The van der Waals surface area contributed by atoms with E-state index >= 15 is 0 Å². The third-order valence-corrected chi connectivity index (χ3v) is 6.16. The molecular weight excluding hydrogens is 410 g/mol. The van der Waals surface area contributed by atoms with Crippen molar-refractivity contribution < 1.29 is 18.0 Å². The predicted molar refractivity (Wildman–Crippen MR) is 100 cm³/mol. The Hall–Kier alpha value is -1.61. The molecule has 2 atom stereocenters. The number of anilines is 1. The fraction of sp³-hybridized carbons (Fsp3) is 0.500. The second-order valence-electron chi connectivity index (χ2n) is 6.44. The van der Waals surface area contributed by atoms with Gasteiger partial charge in [0, 0.05) is 16.2 Å². The molecule has 7 nitrogen and oxygen atoms in total. The van der Waals surface area contributed by atoms with Gasteiger partial charge in [-0.1, -0.05) is 35.8 Å². The van der Waals surface area contributed by atoms with Crippen LogP contribution in [0.25, 0.3) is 0 Å². The molecule has 0 spiro atoms. The Labute approximate surface area is 156 Å². The summed E-state index contributed by atoms with van der Waals surface area (Å²) in [4.78, 5) is 24.6. The number of hydrogen-bond donors (Lipinski definition) is 3. The second kappa shape index (κ2) is 8.18. The van der Waals surface area contributed by atoms with Crippen LogP contribution < -0.4 is 16.0 Å². The molecule has 1 aliphatic rings. The summed E-state index contributed by atoms with van der Waals surface area (Å²) in [5.41, 5.74) is 0.620. The first-order valence-corrected chi connectivity index (χ1v) is 10.6. The first-order chi connectivity index (χ1) is 11.7. The highest BCUT2D eigenvalue weighted by Gasteiger charge is 2.30. The highest BCUT2D eigenvalue weighted by molar-refractivity contribution is 9.10. The monoisotopic (exact) mass is 431 g/mol. The van der Waals surface area contributed by atoms with Crippen molar-refractivity contribution in [2.75, 3.05) is 16.8 Å². The van der Waals surface area contributed by atoms with Gasteiger partial charge in [-0.05, 0) is 30.5 Å². The molecule has 138 valence electrons. The largest absolute Gasteiger partial charge is 0.334 e. The standard InChI is InChI=1S/C16H22BrN3O4S/c1-10(2)14(15(21)18-12-5-3-4-11(17)8-12)20-16(22)19-13-6-7-25(23,24)9-13/h3-5,8,10,13-14H,6-7,9H2,1-2H3,(H,18,21)(H2,19,20,22)/t13?,14-/m0/s1. The highest BCUT2D eigenvalue weighted by atomic mass is 79.9. The number of urea groups is 1. The maximum absolute atomic E-state index is 12.5. The number of carbonyl (C=O) groups excluding carboxylic acids is 2. The minimum Gasteiger partial charge on any atom is -0.334 e. The van der Waals surface area contributed by atoms with E-state index in [0.717, 1.165) is 4.47 Å². The topological polar surface area (TPSA) is 104 Å². The van der Waals surface area contributed by atoms with Crippen molar-refractivity contribution >= 4 is 43.4 Å². The van der Waals surface area contributed by atoms with Gasteiger partial charge in [0.15, 0.2) is 9.84 Å². The summed E-state index contributed by atoms with van der Waals surface area (Å²) in [6, 6.07) is 5.47. The minimum absolute atomic E-state index is 0.0585. The van der Waals surface area contributed by atoms with E-state index in [1.807, 2.05) is 19.9 Å². The van der Waals surface area contributed by atoms with Gasteiger partial charge < -0.3 is 16.0 Å². The molecule has 1 saturated heterocycles. The maximum Gasteiger partial charge on any atom is 0.315 e. The molecule has 0 aliphatic carbocycles. The minimum atomic E-state index is -3.07. The summed E-state index contributed by atoms with van der Waals surface area (Å²) in [6.07, 6.45) is 0.395. The lowest BCUT2D eigenvalue weighted by Crippen LogP contribution is -2.52. The molecule has 3 amide bonds. The number of carbonyl (C=O) groups is 2. The van der Waals surface area contributed by atoms with Crippen LogP contribution in [0.1, 0.15) is 20.3 Å². The first-order valence-electron chi connectivity index (χ1n) is 8.00. The van der Waals surface area contributed by atoms with E-state index in [2.05, 4.69) is 31.9 Å². The molecule has 3 N–H and O–H groups in total. The fourth-order valence-electron chi connectivity index (χ4n) is 2.60. The fourth-order valence-corrected chi connectivity index (χ4v) is 4.67. The van der Waals surface area contributed by atoms with Crippen LogP contribution in [0.3, 0.4) is 0 Å². The van der Waals surface area contributed by atoms with Gasteiger partial charge in [0.1, 0.15) is 6.04 Å². The van der Waals surface area contributed by atoms with E-state index in [9.17, 15) is 18.0 Å². The van der Waals surface area contributed by atoms with Crippen molar-refractivity contribution in [3.05, 3.63) is 28.7 Å². The second-order valence-corrected chi connectivity index (χ2v) is 9.58.